The van der Waals surface area contributed by atoms with E-state index in [4.69, 9.17) is 4.99 Å². The molecule has 0 aromatic carbocycles. The highest BCUT2D eigenvalue weighted by molar-refractivity contribution is 6.06. The Labute approximate surface area is 175 Å². The molecule has 1 saturated heterocycles. The van der Waals surface area contributed by atoms with Crippen LogP contribution in [0.3, 0.4) is 0 Å². The minimum Gasteiger partial charge on any atom is -0.317 e. The number of pyridine rings is 1. The molecule has 0 radical (unpaired) electrons. The first-order valence-electron chi connectivity index (χ1n) is 11.2. The molecular weight excluding hydrogens is 354 g/mol. The zero-order valence-electron chi connectivity index (χ0n) is 17.7. The zero-order valence-corrected chi connectivity index (χ0v) is 17.7. The van der Waals surface area contributed by atoms with Crippen molar-refractivity contribution in [3.8, 4) is 0 Å². The third-order valence-electron chi connectivity index (χ3n) is 6.20. The van der Waals surface area contributed by atoms with Crippen molar-refractivity contribution in [2.75, 3.05) is 13.1 Å². The lowest BCUT2D eigenvalue weighted by Gasteiger charge is -2.26. The minimum absolute atomic E-state index is 0.724. The van der Waals surface area contributed by atoms with Gasteiger partial charge in [-0.3, -0.25) is 9.98 Å². The van der Waals surface area contributed by atoms with Crippen LogP contribution in [-0.4, -0.2) is 23.8 Å². The molecule has 3 heteroatoms. The monoisotopic (exact) mass is 387 g/mol. The maximum absolute atomic E-state index is 5.25. The van der Waals surface area contributed by atoms with Gasteiger partial charge in [-0.1, -0.05) is 24.3 Å². The number of piperidine rings is 1. The predicted molar refractivity (Wildman–Crippen MR) is 123 cm³/mol. The van der Waals surface area contributed by atoms with Crippen molar-refractivity contribution in [1.29, 1.82) is 0 Å². The third kappa shape index (κ3) is 5.22. The number of aliphatic imine (C=N–C) groups is 1. The van der Waals surface area contributed by atoms with Crippen LogP contribution in [0.25, 0.3) is 5.70 Å². The summed E-state index contributed by atoms with van der Waals surface area (Å²) >= 11 is 0. The molecule has 0 atom stereocenters. The maximum Gasteiger partial charge on any atom is 0.0670 e. The molecule has 1 aromatic rings. The van der Waals surface area contributed by atoms with Gasteiger partial charge in [-0.15, -0.1) is 6.58 Å². The van der Waals surface area contributed by atoms with Gasteiger partial charge in [-0.05, 0) is 100 Å². The number of nitrogens with zero attached hydrogens (tertiary/aromatic N) is 2. The maximum atomic E-state index is 5.25. The van der Waals surface area contributed by atoms with Gasteiger partial charge < -0.3 is 5.32 Å². The van der Waals surface area contributed by atoms with Crippen molar-refractivity contribution in [2.24, 2.45) is 16.8 Å². The van der Waals surface area contributed by atoms with Crippen LogP contribution < -0.4 is 5.32 Å². The van der Waals surface area contributed by atoms with Crippen LogP contribution in [0.2, 0.25) is 0 Å². The van der Waals surface area contributed by atoms with Gasteiger partial charge in [0.05, 0.1) is 5.70 Å². The summed E-state index contributed by atoms with van der Waals surface area (Å²) in [6, 6.07) is 4.24. The fraction of sp³-hybridized carbons (Fsp3) is 0.462. The molecule has 1 aliphatic carbocycles. The lowest BCUT2D eigenvalue weighted by Crippen LogP contribution is -2.29. The van der Waals surface area contributed by atoms with Crippen molar-refractivity contribution < 1.29 is 0 Å². The van der Waals surface area contributed by atoms with Crippen molar-refractivity contribution in [1.82, 2.24) is 10.3 Å². The lowest BCUT2D eigenvalue weighted by molar-refractivity contribution is 0.384. The summed E-state index contributed by atoms with van der Waals surface area (Å²) in [5, 5.41) is 3.50. The molecule has 0 unspecified atom stereocenters. The summed E-state index contributed by atoms with van der Waals surface area (Å²) in [5.74, 6) is 1.46. The smallest absolute Gasteiger partial charge is 0.0670 e. The van der Waals surface area contributed by atoms with Crippen LogP contribution in [0.4, 0.5) is 0 Å². The molecule has 2 fully saturated rings. The van der Waals surface area contributed by atoms with E-state index in [0.29, 0.717) is 0 Å². The van der Waals surface area contributed by atoms with E-state index in [2.05, 4.69) is 47.2 Å². The van der Waals surface area contributed by atoms with E-state index in [1.54, 1.807) is 0 Å². The van der Waals surface area contributed by atoms with E-state index >= 15 is 0 Å². The molecule has 3 aliphatic rings. The average molecular weight is 388 g/mol. The van der Waals surface area contributed by atoms with Crippen LogP contribution in [0.15, 0.2) is 65.4 Å². The SMILES string of the molecule is C=CC/C=C/C(=C1\CC=C(c2ccnc(C)c2)N=C1CC1CCNCC1)C1CC1. The molecule has 152 valence electrons. The molecular formula is C26H33N3. The Hall–Kier alpha value is -2.26. The van der Waals surface area contributed by atoms with Gasteiger partial charge in [-0.2, -0.15) is 0 Å². The summed E-state index contributed by atoms with van der Waals surface area (Å²) in [5.41, 5.74) is 7.70. The Morgan fingerprint density at radius 1 is 1.24 bits per heavy atom. The second-order valence-electron chi connectivity index (χ2n) is 8.57. The van der Waals surface area contributed by atoms with E-state index < -0.39 is 0 Å². The Morgan fingerprint density at radius 3 is 2.79 bits per heavy atom. The Kier molecular flexibility index (Phi) is 6.56. The number of aromatic nitrogens is 1. The van der Waals surface area contributed by atoms with Gasteiger partial charge in [0.25, 0.3) is 0 Å². The first kappa shape index (κ1) is 20.0. The number of nitrogens with one attached hydrogen (secondary N) is 1. The molecule has 4 rings (SSSR count). The third-order valence-corrected chi connectivity index (χ3v) is 6.20. The van der Waals surface area contributed by atoms with E-state index in [9.17, 15) is 0 Å². The molecule has 3 nitrogen and oxygen atoms in total. The molecule has 1 N–H and O–H groups in total. The van der Waals surface area contributed by atoms with Crippen molar-refractivity contribution in [3.63, 3.8) is 0 Å². The number of hydrogen-bond acceptors (Lipinski definition) is 3. The van der Waals surface area contributed by atoms with Crippen molar-refractivity contribution >= 4 is 11.4 Å². The zero-order chi connectivity index (χ0) is 20.1. The minimum atomic E-state index is 0.724. The lowest BCUT2D eigenvalue weighted by atomic mass is 9.85. The second kappa shape index (κ2) is 9.49. The summed E-state index contributed by atoms with van der Waals surface area (Å²) in [4.78, 5) is 9.60. The Morgan fingerprint density at radius 2 is 2.07 bits per heavy atom. The van der Waals surface area contributed by atoms with Crippen LogP contribution in [0, 0.1) is 18.8 Å². The first-order chi connectivity index (χ1) is 14.2. The molecule has 0 amide bonds. The number of hydrogen-bond donors (Lipinski definition) is 1. The Bertz CT molecular complexity index is 862. The quantitative estimate of drug-likeness (QED) is 0.600. The van der Waals surface area contributed by atoms with E-state index in [-0.39, 0.29) is 0 Å². The molecule has 3 heterocycles. The molecule has 29 heavy (non-hydrogen) atoms. The standard InChI is InChI=1S/C26H33N3/c1-3-4-5-6-23(21-7-8-21)24-9-10-25(22-13-16-28-19(2)17-22)29-26(24)18-20-11-14-27-15-12-20/h3,5-6,10,13,16-17,20-21,27H,1,4,7-9,11-12,14-15,18H2,2H3/b6-5+,24-23-. The highest BCUT2D eigenvalue weighted by Crippen LogP contribution is 2.42. The van der Waals surface area contributed by atoms with Gasteiger partial charge in [0, 0.05) is 23.2 Å². The van der Waals surface area contributed by atoms with Crippen LogP contribution in [-0.2, 0) is 0 Å². The highest BCUT2D eigenvalue weighted by atomic mass is 14.9. The summed E-state index contributed by atoms with van der Waals surface area (Å²) < 4.78 is 0. The van der Waals surface area contributed by atoms with E-state index in [0.717, 1.165) is 55.6 Å². The number of aryl methyl sites for hydroxylation is 1. The van der Waals surface area contributed by atoms with Gasteiger partial charge in [0.15, 0.2) is 0 Å². The second-order valence-corrected chi connectivity index (χ2v) is 8.57. The Balaban J connectivity index is 1.68. The normalized spacial score (nSPS) is 22.4. The molecule has 1 saturated carbocycles. The fourth-order valence-corrected chi connectivity index (χ4v) is 4.44. The highest BCUT2D eigenvalue weighted by Gasteiger charge is 2.30. The topological polar surface area (TPSA) is 37.3 Å². The van der Waals surface area contributed by atoms with Gasteiger partial charge in [0.1, 0.15) is 0 Å². The van der Waals surface area contributed by atoms with Crippen LogP contribution >= 0.6 is 0 Å². The summed E-state index contributed by atoms with van der Waals surface area (Å²) in [6.45, 7) is 8.18. The molecule has 0 spiro atoms. The molecule has 0 bridgehead atoms. The van der Waals surface area contributed by atoms with E-state index in [1.165, 1.54) is 48.1 Å². The van der Waals surface area contributed by atoms with Crippen molar-refractivity contribution in [2.45, 2.75) is 51.9 Å². The summed E-state index contributed by atoms with van der Waals surface area (Å²) in [6.07, 6.45) is 19.0. The number of rotatable bonds is 7. The van der Waals surface area contributed by atoms with Crippen LogP contribution in [0.1, 0.15) is 56.2 Å². The fourth-order valence-electron chi connectivity index (χ4n) is 4.44. The molecule has 2 aliphatic heterocycles. The van der Waals surface area contributed by atoms with Gasteiger partial charge in [0.2, 0.25) is 0 Å². The predicted octanol–water partition coefficient (Wildman–Crippen LogP) is 5.80. The largest absolute Gasteiger partial charge is 0.317 e. The first-order valence-corrected chi connectivity index (χ1v) is 11.2. The summed E-state index contributed by atoms with van der Waals surface area (Å²) in [7, 11) is 0. The van der Waals surface area contributed by atoms with E-state index in [1.807, 2.05) is 19.2 Å². The van der Waals surface area contributed by atoms with Gasteiger partial charge in [-0.25, -0.2) is 0 Å². The van der Waals surface area contributed by atoms with Crippen molar-refractivity contribution in [3.05, 3.63) is 71.6 Å². The number of allylic oxidation sites excluding steroid dienone is 6. The van der Waals surface area contributed by atoms with Gasteiger partial charge >= 0.3 is 0 Å². The molecule has 1 aromatic heterocycles. The average Bonchev–Trinajstić information content (AvgIpc) is 3.58. The van der Waals surface area contributed by atoms with Crippen LogP contribution in [0.5, 0.6) is 0 Å².